The summed E-state index contributed by atoms with van der Waals surface area (Å²) in [7, 11) is 0. The average Bonchev–Trinajstić information content (AvgIpc) is 3.32. The van der Waals surface area contributed by atoms with Crippen molar-refractivity contribution in [3.63, 3.8) is 0 Å². The van der Waals surface area contributed by atoms with Gasteiger partial charge in [-0.15, -0.1) is 11.3 Å². The molecule has 2 heterocycles. The van der Waals surface area contributed by atoms with E-state index in [9.17, 15) is 9.59 Å². The number of thiophene rings is 1. The molecule has 1 aliphatic heterocycles. The monoisotopic (exact) mass is 510 g/mol. The van der Waals surface area contributed by atoms with E-state index in [0.29, 0.717) is 36.0 Å². The summed E-state index contributed by atoms with van der Waals surface area (Å²) in [5, 5.41) is 2.72. The first-order valence-corrected chi connectivity index (χ1v) is 13.2. The lowest BCUT2D eigenvalue weighted by Crippen LogP contribution is -2.48. The molecule has 184 valence electrons. The molecule has 4 rings (SSSR count). The molecule has 2 amide bonds. The van der Waals surface area contributed by atoms with Gasteiger partial charge in [-0.25, -0.2) is 0 Å². The second-order valence-corrected chi connectivity index (χ2v) is 10.8. The minimum absolute atomic E-state index is 0.0435. The summed E-state index contributed by atoms with van der Waals surface area (Å²) in [5.74, 6) is 0.771. The molecule has 0 N–H and O–H groups in total. The van der Waals surface area contributed by atoms with Gasteiger partial charge in [0.25, 0.3) is 5.91 Å². The third-order valence-corrected chi connectivity index (χ3v) is 7.38. The Kier molecular flexibility index (Phi) is 8.14. The van der Waals surface area contributed by atoms with E-state index in [-0.39, 0.29) is 30.3 Å². The molecule has 1 aromatic heterocycles. The SMILES string of the molecule is Cc1ccc(C(=O)N(CC(=O)N2CCc3sccc3[C@@H]2COc2ccc(Cl)cc2)CC(C)C)cc1. The number of benzene rings is 2. The van der Waals surface area contributed by atoms with Crippen LogP contribution >= 0.6 is 22.9 Å². The molecule has 0 bridgehead atoms. The summed E-state index contributed by atoms with van der Waals surface area (Å²) < 4.78 is 6.08. The third kappa shape index (κ3) is 6.24. The maximum Gasteiger partial charge on any atom is 0.254 e. The van der Waals surface area contributed by atoms with E-state index in [4.69, 9.17) is 16.3 Å². The predicted octanol–water partition coefficient (Wildman–Crippen LogP) is 6.01. The first kappa shape index (κ1) is 25.3. The molecule has 0 saturated heterocycles. The number of amides is 2. The van der Waals surface area contributed by atoms with E-state index in [1.807, 2.05) is 48.2 Å². The number of ether oxygens (including phenoxy) is 1. The molecule has 2 aromatic carbocycles. The van der Waals surface area contributed by atoms with Gasteiger partial charge in [0.15, 0.2) is 0 Å². The summed E-state index contributed by atoms with van der Waals surface area (Å²) in [4.78, 5) is 31.8. The first-order chi connectivity index (χ1) is 16.8. The standard InChI is InChI=1S/C28H31ClN2O3S/c1-19(2)16-30(28(33)21-6-4-20(3)5-7-21)17-27(32)31-14-12-26-24(13-15-35-26)25(31)18-34-23-10-8-22(29)9-11-23/h4-11,13,15,19,25H,12,14,16-18H2,1-3H3/t25-/m0/s1. The van der Waals surface area contributed by atoms with Crippen molar-refractivity contribution in [3.8, 4) is 5.75 Å². The van der Waals surface area contributed by atoms with Gasteiger partial charge in [0.05, 0.1) is 6.04 Å². The molecule has 35 heavy (non-hydrogen) atoms. The number of nitrogens with zero attached hydrogens (tertiary/aromatic N) is 2. The fourth-order valence-corrected chi connectivity index (χ4v) is 5.43. The van der Waals surface area contributed by atoms with E-state index in [1.54, 1.807) is 28.4 Å². The zero-order chi connectivity index (χ0) is 24.9. The number of rotatable bonds is 8. The van der Waals surface area contributed by atoms with Gasteiger partial charge >= 0.3 is 0 Å². The molecule has 0 radical (unpaired) electrons. The Morgan fingerprint density at radius 2 is 1.83 bits per heavy atom. The van der Waals surface area contributed by atoms with Crippen LogP contribution in [0.5, 0.6) is 5.75 Å². The Morgan fingerprint density at radius 1 is 1.11 bits per heavy atom. The molecule has 0 saturated carbocycles. The van der Waals surface area contributed by atoms with Crippen LogP contribution < -0.4 is 4.74 Å². The lowest BCUT2D eigenvalue weighted by Gasteiger charge is -2.37. The van der Waals surface area contributed by atoms with Gasteiger partial charge < -0.3 is 14.5 Å². The van der Waals surface area contributed by atoms with Crippen molar-refractivity contribution < 1.29 is 14.3 Å². The largest absolute Gasteiger partial charge is 0.491 e. The fraction of sp³-hybridized carbons (Fsp3) is 0.357. The normalized spacial score (nSPS) is 15.1. The minimum Gasteiger partial charge on any atom is -0.491 e. The smallest absolute Gasteiger partial charge is 0.254 e. The molecular weight excluding hydrogens is 480 g/mol. The Labute approximate surface area is 216 Å². The highest BCUT2D eigenvalue weighted by molar-refractivity contribution is 7.10. The number of hydrogen-bond acceptors (Lipinski definition) is 4. The van der Waals surface area contributed by atoms with Crippen molar-refractivity contribution in [1.29, 1.82) is 0 Å². The van der Waals surface area contributed by atoms with Crippen molar-refractivity contribution in [2.45, 2.75) is 33.2 Å². The van der Waals surface area contributed by atoms with E-state index in [2.05, 4.69) is 25.3 Å². The van der Waals surface area contributed by atoms with Gasteiger partial charge in [0.1, 0.15) is 18.9 Å². The lowest BCUT2D eigenvalue weighted by molar-refractivity contribution is -0.135. The highest BCUT2D eigenvalue weighted by Crippen LogP contribution is 2.34. The molecule has 0 aliphatic carbocycles. The van der Waals surface area contributed by atoms with Gasteiger partial charge in [-0.1, -0.05) is 43.1 Å². The molecule has 0 fully saturated rings. The number of fused-ring (bicyclic) bond motifs is 1. The number of carbonyl (C=O) groups excluding carboxylic acids is 2. The number of hydrogen-bond donors (Lipinski definition) is 0. The van der Waals surface area contributed by atoms with Crippen LogP contribution in [0.3, 0.4) is 0 Å². The minimum atomic E-state index is -0.205. The topological polar surface area (TPSA) is 49.9 Å². The predicted molar refractivity (Wildman–Crippen MR) is 141 cm³/mol. The summed E-state index contributed by atoms with van der Waals surface area (Å²) in [6.45, 7) is 7.61. The summed E-state index contributed by atoms with van der Waals surface area (Å²) >= 11 is 7.72. The third-order valence-electron chi connectivity index (χ3n) is 6.13. The van der Waals surface area contributed by atoms with E-state index < -0.39 is 0 Å². The fourth-order valence-electron chi connectivity index (χ4n) is 4.37. The molecule has 7 heteroatoms. The number of carbonyl (C=O) groups is 2. The van der Waals surface area contributed by atoms with Crippen LogP contribution in [0.25, 0.3) is 0 Å². The van der Waals surface area contributed by atoms with Crippen molar-refractivity contribution in [1.82, 2.24) is 9.80 Å². The number of aryl methyl sites for hydroxylation is 1. The summed E-state index contributed by atoms with van der Waals surface area (Å²) in [6, 6.07) is 16.6. The van der Waals surface area contributed by atoms with Crippen LogP contribution in [0.4, 0.5) is 0 Å². The maximum absolute atomic E-state index is 13.6. The van der Waals surface area contributed by atoms with Crippen LogP contribution in [0.15, 0.2) is 60.0 Å². The second-order valence-electron chi connectivity index (χ2n) is 9.36. The molecule has 0 unspecified atom stereocenters. The molecule has 1 aliphatic rings. The van der Waals surface area contributed by atoms with Gasteiger partial charge in [-0.05, 0) is 72.7 Å². The molecule has 1 atom stereocenters. The van der Waals surface area contributed by atoms with Crippen molar-refractivity contribution in [2.75, 3.05) is 26.2 Å². The van der Waals surface area contributed by atoms with Crippen LogP contribution in [-0.4, -0.2) is 47.9 Å². The molecule has 5 nitrogen and oxygen atoms in total. The summed E-state index contributed by atoms with van der Waals surface area (Å²) in [6.07, 6.45) is 0.812. The molecule has 0 spiro atoms. The quantitative estimate of drug-likeness (QED) is 0.372. The van der Waals surface area contributed by atoms with Crippen LogP contribution in [0, 0.1) is 12.8 Å². The van der Waals surface area contributed by atoms with Gasteiger partial charge in [0.2, 0.25) is 5.91 Å². The van der Waals surface area contributed by atoms with Gasteiger partial charge in [-0.3, -0.25) is 9.59 Å². The van der Waals surface area contributed by atoms with Crippen molar-refractivity contribution in [3.05, 3.63) is 86.6 Å². The average molecular weight is 511 g/mol. The Balaban J connectivity index is 1.52. The number of halogens is 1. The maximum atomic E-state index is 13.6. The highest BCUT2D eigenvalue weighted by atomic mass is 35.5. The highest BCUT2D eigenvalue weighted by Gasteiger charge is 2.33. The lowest BCUT2D eigenvalue weighted by atomic mass is 10.00. The second kappa shape index (κ2) is 11.3. The Bertz CT molecular complexity index is 1160. The Morgan fingerprint density at radius 3 is 2.51 bits per heavy atom. The molecule has 3 aromatic rings. The zero-order valence-corrected chi connectivity index (χ0v) is 21.9. The summed E-state index contributed by atoms with van der Waals surface area (Å²) in [5.41, 5.74) is 2.82. The van der Waals surface area contributed by atoms with Crippen LogP contribution in [-0.2, 0) is 11.2 Å². The van der Waals surface area contributed by atoms with E-state index in [0.717, 1.165) is 17.5 Å². The van der Waals surface area contributed by atoms with Crippen LogP contribution in [0.1, 0.15) is 46.3 Å². The van der Waals surface area contributed by atoms with E-state index in [1.165, 1.54) is 4.88 Å². The Hall–Kier alpha value is -2.83. The van der Waals surface area contributed by atoms with Crippen LogP contribution in [0.2, 0.25) is 5.02 Å². The van der Waals surface area contributed by atoms with Gasteiger partial charge in [-0.2, -0.15) is 0 Å². The van der Waals surface area contributed by atoms with E-state index >= 15 is 0 Å². The molecular formula is C28H31ClN2O3S. The van der Waals surface area contributed by atoms with Crippen molar-refractivity contribution >= 4 is 34.8 Å². The zero-order valence-electron chi connectivity index (χ0n) is 20.4. The van der Waals surface area contributed by atoms with Crippen molar-refractivity contribution in [2.24, 2.45) is 5.92 Å². The van der Waals surface area contributed by atoms with Gasteiger partial charge in [0, 0.05) is 28.6 Å². The first-order valence-electron chi connectivity index (χ1n) is 11.9.